The van der Waals surface area contributed by atoms with Gasteiger partial charge >= 0.3 is 0 Å². The molecule has 0 radical (unpaired) electrons. The molecule has 0 unspecified atom stereocenters. The Bertz CT molecular complexity index is 511. The fraction of sp³-hybridized carbons (Fsp3) is 0.667. The van der Waals surface area contributed by atoms with Crippen molar-refractivity contribution >= 4 is 5.91 Å². The Morgan fingerprint density at radius 1 is 1.60 bits per heavy atom. The van der Waals surface area contributed by atoms with Crippen LogP contribution in [0.25, 0.3) is 0 Å². The lowest BCUT2D eigenvalue weighted by atomic mass is 9.67. The van der Waals surface area contributed by atoms with Crippen LogP contribution in [0, 0.1) is 18.8 Å². The fourth-order valence-electron chi connectivity index (χ4n) is 3.51. The zero-order valence-corrected chi connectivity index (χ0v) is 12.3. The van der Waals surface area contributed by atoms with Gasteiger partial charge in [0.1, 0.15) is 0 Å². The van der Waals surface area contributed by atoms with Gasteiger partial charge in [-0.05, 0) is 19.4 Å². The van der Waals surface area contributed by atoms with Crippen molar-refractivity contribution in [2.24, 2.45) is 18.9 Å². The van der Waals surface area contributed by atoms with E-state index in [2.05, 4.69) is 5.32 Å². The molecule has 5 nitrogen and oxygen atoms in total. The Hall–Kier alpha value is -1.33. The van der Waals surface area contributed by atoms with Crippen LogP contribution in [0.4, 0.5) is 0 Å². The molecule has 1 saturated carbocycles. The number of hydrogen-bond acceptors (Lipinski definition) is 3. The minimum Gasteiger partial charge on any atom is -0.384 e. The summed E-state index contributed by atoms with van der Waals surface area (Å²) in [6.07, 6.45) is 3.21. The predicted molar refractivity (Wildman–Crippen MR) is 74.6 cm³/mol. The second kappa shape index (κ2) is 5.22. The van der Waals surface area contributed by atoms with Gasteiger partial charge in [0.15, 0.2) is 0 Å². The van der Waals surface area contributed by atoms with E-state index in [-0.39, 0.29) is 24.0 Å². The van der Waals surface area contributed by atoms with Crippen LogP contribution in [0.5, 0.6) is 0 Å². The van der Waals surface area contributed by atoms with Gasteiger partial charge in [-0.25, -0.2) is 0 Å². The Kier molecular flexibility index (Phi) is 3.56. The quantitative estimate of drug-likeness (QED) is 0.898. The van der Waals surface area contributed by atoms with Gasteiger partial charge in [0.2, 0.25) is 0 Å². The molecule has 1 aromatic heterocycles. The number of fused-ring (bicyclic) bond motifs is 1. The van der Waals surface area contributed by atoms with Gasteiger partial charge in [-0.1, -0.05) is 0 Å². The van der Waals surface area contributed by atoms with Gasteiger partial charge < -0.3 is 19.4 Å². The number of methoxy groups -OCH3 is 1. The van der Waals surface area contributed by atoms with Crippen molar-refractivity contribution in [2.75, 3.05) is 20.3 Å². The highest BCUT2D eigenvalue weighted by atomic mass is 16.5. The molecule has 2 heterocycles. The standard InChI is InChI=1S/C15H22N2O3/c1-9-10(4-6-17(9)2)15(18)16-13-11-5-7-20-14(11)12(13)8-19-3/h4,6,11-14H,5,7-8H2,1-3H3,(H,16,18)/t11-,12+,13+,14-/m0/s1. The Balaban J connectivity index is 1.70. The molecule has 20 heavy (non-hydrogen) atoms. The number of hydrogen-bond donors (Lipinski definition) is 1. The van der Waals surface area contributed by atoms with Crippen molar-refractivity contribution in [3.63, 3.8) is 0 Å². The van der Waals surface area contributed by atoms with Crippen molar-refractivity contribution in [1.82, 2.24) is 9.88 Å². The van der Waals surface area contributed by atoms with Gasteiger partial charge in [-0.3, -0.25) is 4.79 Å². The average molecular weight is 278 g/mol. The maximum absolute atomic E-state index is 12.4. The van der Waals surface area contributed by atoms with E-state index in [0.717, 1.165) is 24.3 Å². The Morgan fingerprint density at radius 3 is 3.05 bits per heavy atom. The lowest BCUT2D eigenvalue weighted by Crippen LogP contribution is -2.62. The third-order valence-electron chi connectivity index (χ3n) is 4.81. The molecule has 0 spiro atoms. The highest BCUT2D eigenvalue weighted by molar-refractivity contribution is 5.95. The number of nitrogens with zero attached hydrogens (tertiary/aromatic N) is 1. The number of carbonyl (C=O) groups is 1. The third kappa shape index (κ3) is 2.05. The minimum atomic E-state index is 0.0135. The molecule has 3 rings (SSSR count). The summed E-state index contributed by atoms with van der Waals surface area (Å²) in [5, 5.41) is 3.18. The van der Waals surface area contributed by atoms with Crippen LogP contribution in [0.2, 0.25) is 0 Å². The van der Waals surface area contributed by atoms with Gasteiger partial charge in [0.25, 0.3) is 5.91 Å². The summed E-state index contributed by atoms with van der Waals surface area (Å²) in [4.78, 5) is 12.4. The highest BCUT2D eigenvalue weighted by Crippen LogP contribution is 2.43. The number of aryl methyl sites for hydroxylation is 1. The second-order valence-corrected chi connectivity index (χ2v) is 5.83. The zero-order chi connectivity index (χ0) is 14.3. The van der Waals surface area contributed by atoms with E-state index in [1.54, 1.807) is 7.11 Å². The number of ether oxygens (including phenoxy) is 2. The molecule has 1 aliphatic carbocycles. The summed E-state index contributed by atoms with van der Waals surface area (Å²) >= 11 is 0. The van der Waals surface area contributed by atoms with Crippen molar-refractivity contribution in [3.05, 3.63) is 23.5 Å². The van der Waals surface area contributed by atoms with E-state index in [0.29, 0.717) is 12.5 Å². The van der Waals surface area contributed by atoms with E-state index in [1.165, 1.54) is 0 Å². The van der Waals surface area contributed by atoms with Gasteiger partial charge in [0.05, 0.1) is 18.3 Å². The smallest absolute Gasteiger partial charge is 0.253 e. The normalized spacial score (nSPS) is 31.8. The van der Waals surface area contributed by atoms with Crippen LogP contribution in [-0.4, -0.2) is 42.9 Å². The van der Waals surface area contributed by atoms with Gasteiger partial charge in [-0.2, -0.15) is 0 Å². The second-order valence-electron chi connectivity index (χ2n) is 5.83. The molecular formula is C15H22N2O3. The van der Waals surface area contributed by atoms with Crippen molar-refractivity contribution in [3.8, 4) is 0 Å². The van der Waals surface area contributed by atoms with Crippen molar-refractivity contribution in [2.45, 2.75) is 25.5 Å². The first-order chi connectivity index (χ1) is 9.63. The fourth-order valence-corrected chi connectivity index (χ4v) is 3.51. The monoisotopic (exact) mass is 278 g/mol. The molecule has 110 valence electrons. The first kappa shape index (κ1) is 13.6. The summed E-state index contributed by atoms with van der Waals surface area (Å²) in [6.45, 7) is 3.40. The largest absolute Gasteiger partial charge is 0.384 e. The van der Waals surface area contributed by atoms with Crippen LogP contribution in [0.3, 0.4) is 0 Å². The topological polar surface area (TPSA) is 52.5 Å². The van der Waals surface area contributed by atoms with Crippen LogP contribution in [0.15, 0.2) is 12.3 Å². The molecule has 0 aromatic carbocycles. The van der Waals surface area contributed by atoms with E-state index < -0.39 is 0 Å². The number of rotatable bonds is 4. The average Bonchev–Trinajstić information content (AvgIpc) is 2.99. The number of aromatic nitrogens is 1. The van der Waals surface area contributed by atoms with E-state index in [4.69, 9.17) is 9.47 Å². The Labute approximate surface area is 119 Å². The molecule has 1 saturated heterocycles. The van der Waals surface area contributed by atoms with E-state index in [9.17, 15) is 4.79 Å². The van der Waals surface area contributed by atoms with Crippen LogP contribution in [0.1, 0.15) is 22.5 Å². The van der Waals surface area contributed by atoms with Crippen molar-refractivity contribution in [1.29, 1.82) is 0 Å². The minimum absolute atomic E-state index is 0.0135. The summed E-state index contributed by atoms with van der Waals surface area (Å²) < 4.78 is 13.0. The zero-order valence-electron chi connectivity index (χ0n) is 12.3. The predicted octanol–water partition coefficient (Wildman–Crippen LogP) is 1.11. The molecule has 1 aliphatic heterocycles. The van der Waals surface area contributed by atoms with E-state index >= 15 is 0 Å². The van der Waals surface area contributed by atoms with Crippen LogP contribution >= 0.6 is 0 Å². The van der Waals surface area contributed by atoms with Gasteiger partial charge in [0, 0.05) is 50.5 Å². The van der Waals surface area contributed by atoms with Crippen LogP contribution < -0.4 is 5.32 Å². The molecule has 1 N–H and O–H groups in total. The molecule has 1 aromatic rings. The first-order valence-corrected chi connectivity index (χ1v) is 7.16. The van der Waals surface area contributed by atoms with Crippen molar-refractivity contribution < 1.29 is 14.3 Å². The van der Waals surface area contributed by atoms with Crippen LogP contribution in [-0.2, 0) is 16.5 Å². The summed E-state index contributed by atoms with van der Waals surface area (Å²) in [5.74, 6) is 0.739. The lowest BCUT2D eigenvalue weighted by molar-refractivity contribution is -0.0809. The molecule has 2 aliphatic rings. The number of carbonyl (C=O) groups excluding carboxylic acids is 1. The molecule has 2 fully saturated rings. The molecular weight excluding hydrogens is 256 g/mol. The molecule has 1 amide bonds. The summed E-state index contributed by atoms with van der Waals surface area (Å²) in [6, 6.07) is 2.05. The molecule has 4 atom stereocenters. The summed E-state index contributed by atoms with van der Waals surface area (Å²) in [5.41, 5.74) is 1.75. The lowest BCUT2D eigenvalue weighted by Gasteiger charge is -2.47. The third-order valence-corrected chi connectivity index (χ3v) is 4.81. The molecule has 5 heteroatoms. The highest BCUT2D eigenvalue weighted by Gasteiger charge is 2.54. The number of nitrogens with one attached hydrogen (secondary N) is 1. The number of amides is 1. The Morgan fingerprint density at radius 2 is 2.40 bits per heavy atom. The maximum atomic E-state index is 12.4. The van der Waals surface area contributed by atoms with E-state index in [1.807, 2.05) is 30.8 Å². The maximum Gasteiger partial charge on any atom is 0.253 e. The summed E-state index contributed by atoms with van der Waals surface area (Å²) in [7, 11) is 3.65. The first-order valence-electron chi connectivity index (χ1n) is 7.16. The SMILES string of the molecule is COC[C@@H]1[C@H](NC(=O)c2ccn(C)c2C)[C@@H]2CCO[C@H]12. The van der Waals surface area contributed by atoms with Gasteiger partial charge in [-0.15, -0.1) is 0 Å². The molecule has 0 bridgehead atoms.